The lowest BCUT2D eigenvalue weighted by atomic mass is 10.0. The van der Waals surface area contributed by atoms with Crippen LogP contribution in [0, 0.1) is 10.8 Å². The molecule has 1 aliphatic rings. The number of primary amides is 1. The highest BCUT2D eigenvalue weighted by molar-refractivity contribution is 5.75. The first kappa shape index (κ1) is 10.9. The van der Waals surface area contributed by atoms with E-state index < -0.39 is 5.91 Å². The molecule has 0 radical (unpaired) electrons. The largest absolute Gasteiger partial charge is 0.368 e. The van der Waals surface area contributed by atoms with Crippen LogP contribution in [0.3, 0.4) is 0 Å². The van der Waals surface area contributed by atoms with Gasteiger partial charge in [-0.05, 0) is 18.8 Å². The monoisotopic (exact) mass is 200 g/mol. The van der Waals surface area contributed by atoms with Gasteiger partial charge in [-0.3, -0.25) is 4.79 Å². The fourth-order valence-electron chi connectivity index (χ4n) is 1.55. The van der Waals surface area contributed by atoms with Crippen molar-refractivity contribution < 1.29 is 4.79 Å². The van der Waals surface area contributed by atoms with Crippen LogP contribution in [0.2, 0.25) is 0 Å². The Labute approximate surface area is 82.9 Å². The van der Waals surface area contributed by atoms with Crippen LogP contribution in [0.15, 0.2) is 5.29 Å². The number of carbonyl (C=O) groups is 1. The van der Waals surface area contributed by atoms with Crippen LogP contribution < -0.4 is 5.73 Å². The number of amides is 1. The van der Waals surface area contributed by atoms with Crippen LogP contribution in [0.1, 0.15) is 19.8 Å². The molecule has 0 aromatic carbocycles. The van der Waals surface area contributed by atoms with E-state index in [1.165, 1.54) is 0 Å². The smallest absolute Gasteiger partial charge is 0.240 e. The minimum Gasteiger partial charge on any atom is -0.368 e. The van der Waals surface area contributed by atoms with Crippen LogP contribution in [0.5, 0.6) is 0 Å². The Morgan fingerprint density at radius 3 is 2.57 bits per heavy atom. The molecule has 1 saturated heterocycles. The summed E-state index contributed by atoms with van der Waals surface area (Å²) in [7, 11) is 0. The first-order valence-corrected chi connectivity index (χ1v) is 4.77. The summed E-state index contributed by atoms with van der Waals surface area (Å²) in [5.74, 6) is 0.136. The number of carbonyl (C=O) groups excluding carboxylic acids is 1. The molecule has 0 aromatic heterocycles. The Kier molecular flexibility index (Phi) is 3.82. The molecule has 6 nitrogen and oxygen atoms in total. The Bertz CT molecular complexity index is 213. The third-order valence-corrected chi connectivity index (χ3v) is 2.48. The normalized spacial score (nSPS) is 19.2. The second-order valence-corrected chi connectivity index (χ2v) is 3.71. The zero-order valence-electron chi connectivity index (χ0n) is 8.35. The first-order chi connectivity index (χ1) is 6.63. The highest BCUT2D eigenvalue weighted by atomic mass is 16.3. The summed E-state index contributed by atoms with van der Waals surface area (Å²) < 4.78 is 0. The number of piperidine rings is 1. The van der Waals surface area contributed by atoms with Gasteiger partial charge in [-0.15, -0.1) is 4.91 Å². The molecule has 0 aromatic rings. The van der Waals surface area contributed by atoms with Crippen LogP contribution in [0.25, 0.3) is 0 Å². The van der Waals surface area contributed by atoms with Crippen LogP contribution >= 0.6 is 0 Å². The molecule has 0 atom stereocenters. The molecule has 1 fully saturated rings. The molecule has 14 heavy (non-hydrogen) atoms. The molecule has 0 unspecified atom stereocenters. The number of hydrogen-bond donors (Lipinski definition) is 1. The van der Waals surface area contributed by atoms with Gasteiger partial charge in [0.2, 0.25) is 5.91 Å². The van der Waals surface area contributed by atoms with Gasteiger partial charge < -0.3 is 5.73 Å². The Morgan fingerprint density at radius 1 is 1.57 bits per heavy atom. The van der Waals surface area contributed by atoms with Gasteiger partial charge in [0.05, 0.1) is 5.29 Å². The summed E-state index contributed by atoms with van der Waals surface area (Å²) in [5, 5.41) is 5.68. The number of hydrazine groups is 1. The second kappa shape index (κ2) is 4.90. The van der Waals surface area contributed by atoms with Crippen molar-refractivity contribution in [1.82, 2.24) is 10.1 Å². The predicted octanol–water partition coefficient (Wildman–Crippen LogP) is 0.102. The van der Waals surface area contributed by atoms with Gasteiger partial charge in [0.1, 0.15) is 6.54 Å². The van der Waals surface area contributed by atoms with E-state index in [1.54, 1.807) is 5.01 Å². The highest BCUT2D eigenvalue weighted by Crippen LogP contribution is 2.17. The summed E-state index contributed by atoms with van der Waals surface area (Å²) in [6, 6.07) is 0. The molecule has 1 amide bonds. The van der Waals surface area contributed by atoms with Gasteiger partial charge in [-0.25, -0.2) is 5.01 Å². The van der Waals surface area contributed by atoms with Crippen LogP contribution in [-0.2, 0) is 4.79 Å². The van der Waals surface area contributed by atoms with Gasteiger partial charge >= 0.3 is 0 Å². The minimum atomic E-state index is -0.539. The molecule has 0 aliphatic carbocycles. The maximum absolute atomic E-state index is 10.6. The van der Waals surface area contributed by atoms with E-state index in [2.05, 4.69) is 12.2 Å². The summed E-state index contributed by atoms with van der Waals surface area (Å²) in [6.07, 6.45) is 2.04. The van der Waals surface area contributed by atoms with Crippen molar-refractivity contribution in [2.24, 2.45) is 16.9 Å². The standard InChI is InChI=1S/C8H16N4O2/c1-7-2-4-11(5-3-7)12(10-14)6-8(9)13/h7H,2-6H2,1H3,(H2,9,13). The summed E-state index contributed by atoms with van der Waals surface area (Å²) >= 11 is 0. The van der Waals surface area contributed by atoms with Gasteiger partial charge in [0, 0.05) is 13.1 Å². The number of nitroso groups, excluding NO2 is 1. The molecule has 1 aliphatic heterocycles. The average Bonchev–Trinajstić information content (AvgIpc) is 2.15. The van der Waals surface area contributed by atoms with E-state index in [4.69, 9.17) is 5.73 Å². The van der Waals surface area contributed by atoms with Crippen molar-refractivity contribution in [3.05, 3.63) is 4.91 Å². The van der Waals surface area contributed by atoms with E-state index in [-0.39, 0.29) is 6.54 Å². The zero-order chi connectivity index (χ0) is 10.6. The predicted molar refractivity (Wildman–Crippen MR) is 51.7 cm³/mol. The minimum absolute atomic E-state index is 0.127. The fourth-order valence-corrected chi connectivity index (χ4v) is 1.55. The maximum Gasteiger partial charge on any atom is 0.240 e. The van der Waals surface area contributed by atoms with Crippen molar-refractivity contribution in [3.8, 4) is 0 Å². The first-order valence-electron chi connectivity index (χ1n) is 4.77. The topological polar surface area (TPSA) is 79.0 Å². The van der Waals surface area contributed by atoms with E-state index in [0.717, 1.165) is 31.0 Å². The number of nitrogens with zero attached hydrogens (tertiary/aromatic N) is 3. The van der Waals surface area contributed by atoms with Crippen molar-refractivity contribution >= 4 is 5.91 Å². The fraction of sp³-hybridized carbons (Fsp3) is 0.875. The molecule has 0 bridgehead atoms. The lowest BCUT2D eigenvalue weighted by Crippen LogP contribution is -2.46. The molecule has 0 spiro atoms. The van der Waals surface area contributed by atoms with Crippen LogP contribution in [-0.4, -0.2) is 35.7 Å². The Balaban J connectivity index is 2.44. The van der Waals surface area contributed by atoms with Gasteiger partial charge in [-0.1, -0.05) is 6.92 Å². The van der Waals surface area contributed by atoms with Crippen molar-refractivity contribution in [1.29, 1.82) is 0 Å². The van der Waals surface area contributed by atoms with Crippen LogP contribution in [0.4, 0.5) is 0 Å². The molecule has 0 saturated carbocycles. The molecule has 2 N–H and O–H groups in total. The lowest BCUT2D eigenvalue weighted by molar-refractivity contribution is -0.126. The molecule has 1 rings (SSSR count). The maximum atomic E-state index is 10.6. The summed E-state index contributed by atoms with van der Waals surface area (Å²) in [6.45, 7) is 3.57. The number of hydrogen-bond acceptors (Lipinski definition) is 4. The van der Waals surface area contributed by atoms with E-state index >= 15 is 0 Å². The van der Waals surface area contributed by atoms with Gasteiger partial charge in [0.15, 0.2) is 0 Å². The average molecular weight is 200 g/mol. The molecular weight excluding hydrogens is 184 g/mol. The van der Waals surface area contributed by atoms with Crippen molar-refractivity contribution in [2.75, 3.05) is 19.6 Å². The molecule has 6 heteroatoms. The molecule has 1 heterocycles. The molecular formula is C8H16N4O2. The summed E-state index contributed by atoms with van der Waals surface area (Å²) in [5.41, 5.74) is 5.00. The van der Waals surface area contributed by atoms with Gasteiger partial charge in [0.25, 0.3) is 0 Å². The zero-order valence-corrected chi connectivity index (χ0v) is 8.35. The quantitative estimate of drug-likeness (QED) is 0.515. The Hall–Kier alpha value is -1.17. The highest BCUT2D eigenvalue weighted by Gasteiger charge is 2.22. The van der Waals surface area contributed by atoms with E-state index in [1.807, 2.05) is 0 Å². The lowest BCUT2D eigenvalue weighted by Gasteiger charge is -2.34. The van der Waals surface area contributed by atoms with E-state index in [0.29, 0.717) is 5.92 Å². The third-order valence-electron chi connectivity index (χ3n) is 2.48. The number of nitrogens with two attached hydrogens (primary N) is 1. The Morgan fingerprint density at radius 2 is 2.14 bits per heavy atom. The SMILES string of the molecule is CC1CCN(N(CC(N)=O)N=O)CC1. The second-order valence-electron chi connectivity index (χ2n) is 3.71. The van der Waals surface area contributed by atoms with E-state index in [9.17, 15) is 9.70 Å². The number of rotatable bonds is 4. The molecule has 80 valence electrons. The van der Waals surface area contributed by atoms with Crippen molar-refractivity contribution in [3.63, 3.8) is 0 Å². The van der Waals surface area contributed by atoms with Gasteiger partial charge in [-0.2, -0.15) is 5.12 Å². The summed E-state index contributed by atoms with van der Waals surface area (Å²) in [4.78, 5) is 21.1. The van der Waals surface area contributed by atoms with Crippen molar-refractivity contribution in [2.45, 2.75) is 19.8 Å². The third kappa shape index (κ3) is 2.95.